The quantitative estimate of drug-likeness (QED) is 0.520. The van der Waals surface area contributed by atoms with Crippen LogP contribution >= 0.6 is 11.3 Å². The smallest absolute Gasteiger partial charge is 0.416 e. The summed E-state index contributed by atoms with van der Waals surface area (Å²) in [5, 5.41) is 9.19. The monoisotopic (exact) mass is 470 g/mol. The Morgan fingerprint density at radius 1 is 1.10 bits per heavy atom. The predicted molar refractivity (Wildman–Crippen MR) is 110 cm³/mol. The topological polar surface area (TPSA) is 80.7 Å². The van der Waals surface area contributed by atoms with Crippen LogP contribution < -0.4 is 4.74 Å². The minimum absolute atomic E-state index is 0.0422. The number of thiophene rings is 1. The number of halogens is 3. The second-order valence-electron chi connectivity index (χ2n) is 6.71. The van der Waals surface area contributed by atoms with Gasteiger partial charge in [0.1, 0.15) is 10.6 Å². The summed E-state index contributed by atoms with van der Waals surface area (Å²) >= 11 is 1.33. The van der Waals surface area contributed by atoms with Crippen LogP contribution in [0.4, 0.5) is 13.2 Å². The molecule has 0 radical (unpaired) electrons. The number of sulfone groups is 1. The van der Waals surface area contributed by atoms with Gasteiger partial charge in [0.25, 0.3) is 0 Å². The van der Waals surface area contributed by atoms with E-state index < -0.39 is 38.2 Å². The number of rotatable bonds is 6. The average Bonchev–Trinajstić information content (AvgIpc) is 3.12. The fourth-order valence-corrected chi connectivity index (χ4v) is 5.54. The van der Waals surface area contributed by atoms with Gasteiger partial charge in [-0.1, -0.05) is 6.07 Å². The van der Waals surface area contributed by atoms with Crippen LogP contribution in [0.3, 0.4) is 0 Å². The van der Waals surface area contributed by atoms with Crippen LogP contribution in [-0.4, -0.2) is 26.6 Å². The van der Waals surface area contributed by atoms with E-state index in [4.69, 9.17) is 4.74 Å². The van der Waals surface area contributed by atoms with Crippen LogP contribution in [0.1, 0.15) is 26.4 Å². The van der Waals surface area contributed by atoms with Gasteiger partial charge < -0.3 is 9.84 Å². The molecule has 0 bridgehead atoms. The summed E-state index contributed by atoms with van der Waals surface area (Å²) in [6.45, 7) is 1.83. The van der Waals surface area contributed by atoms with Crippen LogP contribution in [0.2, 0.25) is 0 Å². The van der Waals surface area contributed by atoms with Gasteiger partial charge in [0, 0.05) is 9.75 Å². The first-order valence-electron chi connectivity index (χ1n) is 8.83. The van der Waals surface area contributed by atoms with Crippen molar-refractivity contribution < 1.29 is 36.2 Å². The van der Waals surface area contributed by atoms with Gasteiger partial charge in [-0.2, -0.15) is 13.2 Å². The lowest BCUT2D eigenvalue weighted by molar-refractivity contribution is -0.137. The molecule has 3 rings (SSSR count). The lowest BCUT2D eigenvalue weighted by atomic mass is 10.0. The Morgan fingerprint density at radius 2 is 1.81 bits per heavy atom. The summed E-state index contributed by atoms with van der Waals surface area (Å²) in [5.41, 5.74) is -0.930. The highest BCUT2D eigenvalue weighted by Crippen LogP contribution is 2.38. The number of carboxylic acids is 1. The van der Waals surface area contributed by atoms with Gasteiger partial charge in [0.15, 0.2) is 9.84 Å². The zero-order chi connectivity index (χ0) is 23.0. The number of hydrogen-bond acceptors (Lipinski definition) is 5. The summed E-state index contributed by atoms with van der Waals surface area (Å²) in [7, 11) is -3.03. The number of carboxylic acid groups (broad SMARTS) is 1. The van der Waals surface area contributed by atoms with Crippen molar-refractivity contribution in [3.8, 4) is 16.2 Å². The molecule has 0 spiro atoms. The molecule has 164 valence electrons. The van der Waals surface area contributed by atoms with E-state index in [0.29, 0.717) is 10.4 Å². The van der Waals surface area contributed by atoms with Crippen molar-refractivity contribution in [1.29, 1.82) is 0 Å². The van der Waals surface area contributed by atoms with Gasteiger partial charge in [-0.15, -0.1) is 11.3 Å². The number of aromatic carboxylic acids is 1. The lowest BCUT2D eigenvalue weighted by Crippen LogP contribution is -2.11. The van der Waals surface area contributed by atoms with Crippen molar-refractivity contribution in [3.05, 3.63) is 70.1 Å². The number of hydrogen-bond donors (Lipinski definition) is 1. The van der Waals surface area contributed by atoms with E-state index in [2.05, 4.69) is 0 Å². The largest absolute Gasteiger partial charge is 0.495 e. The normalized spacial score (nSPS) is 12.0. The minimum atomic E-state index is -4.65. The second-order valence-corrected chi connectivity index (χ2v) is 9.96. The Labute approximate surface area is 180 Å². The highest BCUT2D eigenvalue weighted by Gasteiger charge is 2.32. The third-order valence-electron chi connectivity index (χ3n) is 4.53. The number of alkyl halides is 3. The molecule has 0 saturated carbocycles. The van der Waals surface area contributed by atoms with Crippen molar-refractivity contribution >= 4 is 27.1 Å². The first-order chi connectivity index (χ1) is 14.4. The Morgan fingerprint density at radius 3 is 2.35 bits per heavy atom. The Kier molecular flexibility index (Phi) is 6.15. The number of benzene rings is 2. The fraction of sp³-hybridized carbons (Fsp3) is 0.190. The van der Waals surface area contributed by atoms with Gasteiger partial charge in [-0.3, -0.25) is 0 Å². The van der Waals surface area contributed by atoms with Crippen molar-refractivity contribution in [2.45, 2.75) is 23.7 Å². The summed E-state index contributed by atoms with van der Waals surface area (Å²) in [5.74, 6) is -2.19. The van der Waals surface area contributed by atoms with Crippen molar-refractivity contribution in [2.75, 3.05) is 7.11 Å². The molecule has 10 heteroatoms. The first-order valence-corrected chi connectivity index (χ1v) is 11.3. The molecule has 0 aliphatic rings. The second kappa shape index (κ2) is 8.35. The SMILES string of the molecule is COc1ccc(C(=O)O)cc1S(=O)(=O)Cc1cc(C(F)(F)F)ccc1-c1ccc(C)s1. The average molecular weight is 470 g/mol. The van der Waals surface area contributed by atoms with Gasteiger partial charge in [0.05, 0.1) is 24.0 Å². The number of carbonyl (C=O) groups is 1. The van der Waals surface area contributed by atoms with E-state index in [1.54, 1.807) is 12.1 Å². The van der Waals surface area contributed by atoms with Crippen LogP contribution in [0.5, 0.6) is 5.75 Å². The number of aryl methyl sites for hydroxylation is 1. The molecule has 0 atom stereocenters. The number of methoxy groups -OCH3 is 1. The Hall–Kier alpha value is -2.85. The molecular formula is C21H17F3O5S2. The van der Waals surface area contributed by atoms with Crippen molar-refractivity contribution in [3.63, 3.8) is 0 Å². The molecule has 0 unspecified atom stereocenters. The van der Waals surface area contributed by atoms with E-state index in [1.807, 2.05) is 6.92 Å². The van der Waals surface area contributed by atoms with Gasteiger partial charge in [-0.05, 0) is 60.5 Å². The number of ether oxygens (including phenoxy) is 1. The molecule has 1 heterocycles. The van der Waals surface area contributed by atoms with E-state index in [9.17, 15) is 31.5 Å². The summed E-state index contributed by atoms with van der Waals surface area (Å²) in [4.78, 5) is 12.4. The van der Waals surface area contributed by atoms with Crippen molar-refractivity contribution in [2.24, 2.45) is 0 Å². The molecule has 3 aromatic rings. The van der Waals surface area contributed by atoms with Crippen LogP contribution in [0, 0.1) is 6.92 Å². The highest BCUT2D eigenvalue weighted by atomic mass is 32.2. The maximum Gasteiger partial charge on any atom is 0.416 e. The molecule has 0 saturated heterocycles. The Bertz CT molecular complexity index is 1240. The summed E-state index contributed by atoms with van der Waals surface area (Å²) < 4.78 is 71.2. The van der Waals surface area contributed by atoms with Gasteiger partial charge in [-0.25, -0.2) is 13.2 Å². The summed E-state index contributed by atoms with van der Waals surface area (Å²) in [6, 6.07) is 9.81. The molecule has 1 N–H and O–H groups in total. The molecule has 0 fully saturated rings. The molecular weight excluding hydrogens is 453 g/mol. The van der Waals surface area contributed by atoms with Crippen LogP contribution in [-0.2, 0) is 21.8 Å². The van der Waals surface area contributed by atoms with Gasteiger partial charge in [0.2, 0.25) is 0 Å². The summed E-state index contributed by atoms with van der Waals surface area (Å²) in [6.07, 6.45) is -4.65. The van der Waals surface area contributed by atoms with E-state index >= 15 is 0 Å². The maximum absolute atomic E-state index is 13.3. The molecule has 0 amide bonds. The molecule has 0 aliphatic heterocycles. The fourth-order valence-electron chi connectivity index (χ4n) is 3.04. The van der Waals surface area contributed by atoms with E-state index in [-0.39, 0.29) is 16.9 Å². The minimum Gasteiger partial charge on any atom is -0.495 e. The molecule has 31 heavy (non-hydrogen) atoms. The lowest BCUT2D eigenvalue weighted by Gasteiger charge is -2.15. The maximum atomic E-state index is 13.3. The molecule has 2 aromatic carbocycles. The first kappa shape index (κ1) is 22.8. The highest BCUT2D eigenvalue weighted by molar-refractivity contribution is 7.90. The Balaban J connectivity index is 2.16. The third-order valence-corrected chi connectivity index (χ3v) is 7.24. The van der Waals surface area contributed by atoms with Crippen LogP contribution in [0.15, 0.2) is 53.4 Å². The van der Waals surface area contributed by atoms with E-state index in [1.165, 1.54) is 36.6 Å². The third kappa shape index (κ3) is 4.91. The van der Waals surface area contributed by atoms with E-state index in [0.717, 1.165) is 23.1 Å². The van der Waals surface area contributed by atoms with Crippen LogP contribution in [0.25, 0.3) is 10.4 Å². The van der Waals surface area contributed by atoms with Gasteiger partial charge >= 0.3 is 12.1 Å². The predicted octanol–water partition coefficient (Wildman–Crippen LogP) is 5.42. The molecule has 0 aliphatic carbocycles. The molecule has 5 nitrogen and oxygen atoms in total. The zero-order valence-corrected chi connectivity index (χ0v) is 18.0. The zero-order valence-electron chi connectivity index (χ0n) is 16.4. The van der Waals surface area contributed by atoms with Crippen molar-refractivity contribution in [1.82, 2.24) is 0 Å². The molecule has 1 aromatic heterocycles. The standard InChI is InChI=1S/C21H17F3O5S2/c1-12-3-8-18(30-12)16-6-5-15(21(22,23)24)9-14(16)11-31(27,28)19-10-13(20(25)26)4-7-17(19)29-2/h3-10H,11H2,1-2H3,(H,25,26).